The van der Waals surface area contributed by atoms with Crippen LogP contribution in [0.4, 0.5) is 4.79 Å². The molecule has 3 rings (SSSR count). The molecular weight excluding hydrogens is 300 g/mol. The lowest BCUT2D eigenvalue weighted by Gasteiger charge is -2.25. The summed E-state index contributed by atoms with van der Waals surface area (Å²) in [4.78, 5) is 11.7. The number of benzene rings is 2. The van der Waals surface area contributed by atoms with Crippen molar-refractivity contribution in [1.29, 1.82) is 0 Å². The van der Waals surface area contributed by atoms with Crippen LogP contribution >= 0.6 is 0 Å². The molecule has 4 heteroatoms. The number of amides is 1. The third kappa shape index (κ3) is 3.95. The standard InChI is InChI=1S/C20H24N2O2/c1-2-21-20(23)24-17-13-18(22-14-17)19(15-9-5-3-6-10-15)16-11-7-4-8-12-16/h3-12,17-19,22H,2,13-14H2,1H3,(H,21,23)/t17-,18-/m0/s1. The van der Waals surface area contributed by atoms with Crippen molar-refractivity contribution in [2.75, 3.05) is 13.1 Å². The quantitative estimate of drug-likeness (QED) is 0.887. The third-order valence-corrected chi connectivity index (χ3v) is 4.44. The summed E-state index contributed by atoms with van der Waals surface area (Å²) in [5.41, 5.74) is 2.56. The first-order chi connectivity index (χ1) is 11.8. The smallest absolute Gasteiger partial charge is 0.407 e. The monoisotopic (exact) mass is 324 g/mol. The van der Waals surface area contributed by atoms with Crippen molar-refractivity contribution in [2.45, 2.75) is 31.4 Å². The normalized spacial score (nSPS) is 20.1. The molecule has 2 atom stereocenters. The summed E-state index contributed by atoms with van der Waals surface area (Å²) in [6, 6.07) is 21.3. The zero-order valence-corrected chi connectivity index (χ0v) is 13.9. The van der Waals surface area contributed by atoms with Gasteiger partial charge in [0.1, 0.15) is 6.10 Å². The summed E-state index contributed by atoms with van der Waals surface area (Å²) in [5.74, 6) is 0.246. The van der Waals surface area contributed by atoms with Crippen LogP contribution in [0.1, 0.15) is 30.4 Å². The molecule has 0 aliphatic carbocycles. The van der Waals surface area contributed by atoms with Gasteiger partial charge in [-0.25, -0.2) is 4.79 Å². The third-order valence-electron chi connectivity index (χ3n) is 4.44. The SMILES string of the molecule is CCNC(=O)O[C@@H]1CN[C@H](C(c2ccccc2)c2ccccc2)C1. The summed E-state index contributed by atoms with van der Waals surface area (Å²) >= 11 is 0. The molecule has 0 saturated carbocycles. The van der Waals surface area contributed by atoms with E-state index in [4.69, 9.17) is 4.74 Å². The van der Waals surface area contributed by atoms with Crippen LogP contribution in [-0.2, 0) is 4.74 Å². The van der Waals surface area contributed by atoms with Crippen molar-refractivity contribution in [2.24, 2.45) is 0 Å². The first-order valence-corrected chi connectivity index (χ1v) is 8.55. The van der Waals surface area contributed by atoms with Gasteiger partial charge in [0.15, 0.2) is 0 Å². The number of hydrogen-bond donors (Lipinski definition) is 2. The van der Waals surface area contributed by atoms with Crippen LogP contribution in [0.2, 0.25) is 0 Å². The fourth-order valence-electron chi connectivity index (χ4n) is 3.39. The average molecular weight is 324 g/mol. The molecule has 1 saturated heterocycles. The highest BCUT2D eigenvalue weighted by molar-refractivity contribution is 5.67. The number of rotatable bonds is 5. The Morgan fingerprint density at radius 3 is 2.25 bits per heavy atom. The Kier molecular flexibility index (Phi) is 5.49. The summed E-state index contributed by atoms with van der Waals surface area (Å²) in [6.07, 6.45) is 0.392. The van der Waals surface area contributed by atoms with Crippen LogP contribution in [0.3, 0.4) is 0 Å². The van der Waals surface area contributed by atoms with Crippen LogP contribution < -0.4 is 10.6 Å². The summed E-state index contributed by atoms with van der Waals surface area (Å²) in [6.45, 7) is 3.16. The van der Waals surface area contributed by atoms with Crippen molar-refractivity contribution in [3.8, 4) is 0 Å². The van der Waals surface area contributed by atoms with Crippen molar-refractivity contribution in [3.05, 3.63) is 71.8 Å². The second kappa shape index (κ2) is 7.97. The van der Waals surface area contributed by atoms with E-state index < -0.39 is 0 Å². The van der Waals surface area contributed by atoms with E-state index in [2.05, 4.69) is 59.2 Å². The van der Waals surface area contributed by atoms with Gasteiger partial charge < -0.3 is 15.4 Å². The van der Waals surface area contributed by atoms with E-state index in [1.807, 2.05) is 19.1 Å². The molecule has 126 valence electrons. The van der Waals surface area contributed by atoms with Gasteiger partial charge in [-0.2, -0.15) is 0 Å². The lowest BCUT2D eigenvalue weighted by atomic mass is 9.84. The maximum absolute atomic E-state index is 11.7. The lowest BCUT2D eigenvalue weighted by Crippen LogP contribution is -2.30. The Balaban J connectivity index is 1.77. The van der Waals surface area contributed by atoms with Crippen molar-refractivity contribution in [1.82, 2.24) is 10.6 Å². The van der Waals surface area contributed by atoms with Crippen molar-refractivity contribution >= 4 is 6.09 Å². The molecule has 2 aromatic carbocycles. The molecule has 1 aliphatic rings. The zero-order valence-electron chi connectivity index (χ0n) is 13.9. The highest BCUT2D eigenvalue weighted by atomic mass is 16.6. The van der Waals surface area contributed by atoms with Gasteiger partial charge in [-0.3, -0.25) is 0 Å². The predicted octanol–water partition coefficient (Wildman–Crippen LogP) is 3.30. The van der Waals surface area contributed by atoms with Gasteiger partial charge in [-0.1, -0.05) is 60.7 Å². The fourth-order valence-corrected chi connectivity index (χ4v) is 3.39. The Morgan fingerprint density at radius 1 is 1.12 bits per heavy atom. The van der Waals surface area contributed by atoms with Gasteiger partial charge in [0.25, 0.3) is 0 Å². The average Bonchev–Trinajstić information content (AvgIpc) is 3.05. The van der Waals surface area contributed by atoms with E-state index >= 15 is 0 Å². The number of hydrogen-bond acceptors (Lipinski definition) is 3. The summed E-state index contributed by atoms with van der Waals surface area (Å²) in [7, 11) is 0. The van der Waals surface area contributed by atoms with Crippen LogP contribution in [0, 0.1) is 0 Å². The Hall–Kier alpha value is -2.33. The fraction of sp³-hybridized carbons (Fsp3) is 0.350. The number of alkyl carbamates (subject to hydrolysis) is 1. The Labute approximate surface area is 143 Å². The summed E-state index contributed by atoms with van der Waals surface area (Å²) in [5, 5.41) is 6.24. The maximum Gasteiger partial charge on any atom is 0.407 e. The minimum Gasteiger partial charge on any atom is -0.445 e. The number of carbonyl (C=O) groups excluding carboxylic acids is 1. The largest absolute Gasteiger partial charge is 0.445 e. The number of nitrogens with one attached hydrogen (secondary N) is 2. The van der Waals surface area contributed by atoms with E-state index in [1.165, 1.54) is 11.1 Å². The van der Waals surface area contributed by atoms with Crippen LogP contribution in [0.15, 0.2) is 60.7 Å². The highest BCUT2D eigenvalue weighted by Crippen LogP contribution is 2.32. The molecular formula is C20H24N2O2. The van der Waals surface area contributed by atoms with Gasteiger partial charge in [-0.05, 0) is 18.1 Å². The van der Waals surface area contributed by atoms with Crippen LogP contribution in [0.5, 0.6) is 0 Å². The first-order valence-electron chi connectivity index (χ1n) is 8.55. The van der Waals surface area contributed by atoms with E-state index in [1.54, 1.807) is 0 Å². The van der Waals surface area contributed by atoms with Crippen molar-refractivity contribution < 1.29 is 9.53 Å². The lowest BCUT2D eigenvalue weighted by molar-refractivity contribution is 0.106. The first kappa shape index (κ1) is 16.5. The molecule has 2 N–H and O–H groups in total. The second-order valence-electron chi connectivity index (χ2n) is 6.11. The van der Waals surface area contributed by atoms with Gasteiger partial charge >= 0.3 is 6.09 Å². The van der Waals surface area contributed by atoms with Gasteiger partial charge in [0, 0.05) is 31.5 Å². The van der Waals surface area contributed by atoms with Crippen LogP contribution in [-0.4, -0.2) is 31.3 Å². The molecule has 0 bridgehead atoms. The molecule has 1 amide bonds. The topological polar surface area (TPSA) is 50.4 Å². The molecule has 0 spiro atoms. The maximum atomic E-state index is 11.7. The zero-order chi connectivity index (χ0) is 16.8. The minimum atomic E-state index is -0.332. The van der Waals surface area contributed by atoms with Crippen molar-refractivity contribution in [3.63, 3.8) is 0 Å². The minimum absolute atomic E-state index is 0.0866. The van der Waals surface area contributed by atoms with Crippen LogP contribution in [0.25, 0.3) is 0 Å². The van der Waals surface area contributed by atoms with Gasteiger partial charge in [0.05, 0.1) is 0 Å². The van der Waals surface area contributed by atoms with Gasteiger partial charge in [-0.15, -0.1) is 0 Å². The predicted molar refractivity (Wildman–Crippen MR) is 95.1 cm³/mol. The Bertz CT molecular complexity index is 606. The summed E-state index contributed by atoms with van der Waals surface area (Å²) < 4.78 is 5.49. The molecule has 1 fully saturated rings. The second-order valence-corrected chi connectivity index (χ2v) is 6.11. The Morgan fingerprint density at radius 2 is 1.71 bits per heavy atom. The molecule has 1 heterocycles. The molecule has 24 heavy (non-hydrogen) atoms. The molecule has 1 aliphatic heterocycles. The van der Waals surface area contributed by atoms with E-state index in [9.17, 15) is 4.79 Å². The molecule has 2 aromatic rings. The molecule has 0 radical (unpaired) electrons. The van der Waals surface area contributed by atoms with E-state index in [-0.39, 0.29) is 24.2 Å². The van der Waals surface area contributed by atoms with E-state index in [0.29, 0.717) is 13.1 Å². The molecule has 0 aromatic heterocycles. The number of ether oxygens (including phenoxy) is 1. The molecule has 4 nitrogen and oxygen atoms in total. The van der Waals surface area contributed by atoms with Gasteiger partial charge in [0.2, 0.25) is 0 Å². The number of carbonyl (C=O) groups is 1. The highest BCUT2D eigenvalue weighted by Gasteiger charge is 2.34. The molecule has 0 unspecified atom stereocenters. The van der Waals surface area contributed by atoms with E-state index in [0.717, 1.165) is 6.42 Å².